The second-order valence-corrected chi connectivity index (χ2v) is 4.44. The molecule has 0 radical (unpaired) electrons. The van der Waals surface area contributed by atoms with Gasteiger partial charge in [-0.2, -0.15) is 0 Å². The molecule has 0 bridgehead atoms. The van der Waals surface area contributed by atoms with Crippen LogP contribution in [0.4, 0.5) is 13.2 Å². The molecule has 0 aliphatic carbocycles. The summed E-state index contributed by atoms with van der Waals surface area (Å²) in [4.78, 5) is 11.0. The maximum atomic E-state index is 12.1. The van der Waals surface area contributed by atoms with Crippen LogP contribution in [0.15, 0.2) is 22.7 Å². The van der Waals surface area contributed by atoms with E-state index in [2.05, 4.69) is 31.3 Å². The summed E-state index contributed by atoms with van der Waals surface area (Å²) in [6, 6.07) is 4.20. The molecule has 19 heavy (non-hydrogen) atoms. The Kier molecular flexibility index (Phi) is 5.61. The summed E-state index contributed by atoms with van der Waals surface area (Å²) in [5, 5.41) is 5.29. The number of carbonyl (C=O) groups excluding carboxylic acids is 1. The van der Waals surface area contributed by atoms with E-state index in [9.17, 15) is 18.0 Å². The molecule has 8 heteroatoms. The molecule has 0 aliphatic heterocycles. The minimum atomic E-state index is -4.72. The topological polar surface area (TPSA) is 50.4 Å². The van der Waals surface area contributed by atoms with Crippen molar-refractivity contribution < 1.29 is 22.7 Å². The molecule has 1 aromatic rings. The fourth-order valence-electron chi connectivity index (χ4n) is 1.27. The largest absolute Gasteiger partial charge is 0.573 e. The number of carbonyl (C=O) groups is 1. The molecule has 0 aliphatic rings. The molecule has 2 N–H and O–H groups in total. The van der Waals surface area contributed by atoms with E-state index < -0.39 is 6.36 Å². The first-order valence-corrected chi connectivity index (χ1v) is 6.06. The second-order valence-electron chi connectivity index (χ2n) is 3.59. The third-order valence-corrected chi connectivity index (χ3v) is 2.74. The predicted molar refractivity (Wildman–Crippen MR) is 66.6 cm³/mol. The molecule has 0 saturated heterocycles. The first-order valence-electron chi connectivity index (χ1n) is 5.27. The van der Waals surface area contributed by atoms with E-state index in [1.807, 2.05) is 0 Å². The van der Waals surface area contributed by atoms with Gasteiger partial charge in [0.2, 0.25) is 5.91 Å². The highest BCUT2D eigenvalue weighted by Gasteiger charge is 2.31. The van der Waals surface area contributed by atoms with Crippen LogP contribution in [0.3, 0.4) is 0 Å². The fourth-order valence-corrected chi connectivity index (χ4v) is 1.78. The molecular weight excluding hydrogens is 329 g/mol. The van der Waals surface area contributed by atoms with Gasteiger partial charge in [-0.1, -0.05) is 6.07 Å². The summed E-state index contributed by atoms with van der Waals surface area (Å²) >= 11 is 3.00. The van der Waals surface area contributed by atoms with Gasteiger partial charge in [-0.25, -0.2) is 0 Å². The van der Waals surface area contributed by atoms with Crippen LogP contribution >= 0.6 is 15.9 Å². The third kappa shape index (κ3) is 5.93. The molecule has 0 aromatic heterocycles. The smallest absolute Gasteiger partial charge is 0.405 e. The highest BCUT2D eigenvalue weighted by atomic mass is 79.9. The van der Waals surface area contributed by atoms with Gasteiger partial charge in [-0.05, 0) is 33.6 Å². The molecule has 0 heterocycles. The minimum Gasteiger partial charge on any atom is -0.405 e. The van der Waals surface area contributed by atoms with E-state index in [1.54, 1.807) is 0 Å². The van der Waals surface area contributed by atoms with Gasteiger partial charge < -0.3 is 15.4 Å². The highest BCUT2D eigenvalue weighted by Crippen LogP contribution is 2.30. The van der Waals surface area contributed by atoms with Gasteiger partial charge in [-0.3, -0.25) is 4.79 Å². The molecule has 0 fully saturated rings. The van der Waals surface area contributed by atoms with Crippen molar-refractivity contribution in [3.8, 4) is 5.75 Å². The number of alkyl halides is 3. The number of amides is 1. The Morgan fingerprint density at radius 3 is 2.63 bits per heavy atom. The average Bonchev–Trinajstić information content (AvgIpc) is 2.31. The van der Waals surface area contributed by atoms with Gasteiger partial charge in [0.25, 0.3) is 0 Å². The Balaban J connectivity index is 2.59. The number of likely N-dealkylation sites (N-methyl/N-ethyl adjacent to an activating group) is 1. The quantitative estimate of drug-likeness (QED) is 0.863. The first kappa shape index (κ1) is 15.8. The molecule has 4 nitrogen and oxygen atoms in total. The van der Waals surface area contributed by atoms with E-state index in [0.29, 0.717) is 6.54 Å². The zero-order chi connectivity index (χ0) is 14.5. The summed E-state index contributed by atoms with van der Waals surface area (Å²) in [6.45, 7) is 0.493. The van der Waals surface area contributed by atoms with Crippen molar-refractivity contribution in [1.82, 2.24) is 10.6 Å². The van der Waals surface area contributed by atoms with Crippen LogP contribution in [-0.2, 0) is 11.3 Å². The summed E-state index contributed by atoms with van der Waals surface area (Å²) < 4.78 is 40.2. The van der Waals surface area contributed by atoms with Gasteiger partial charge >= 0.3 is 6.36 Å². The lowest BCUT2D eigenvalue weighted by atomic mass is 10.2. The normalized spacial score (nSPS) is 11.2. The zero-order valence-corrected chi connectivity index (χ0v) is 11.6. The Hall–Kier alpha value is -1.28. The number of hydrogen-bond acceptors (Lipinski definition) is 3. The number of benzene rings is 1. The summed E-state index contributed by atoms with van der Waals surface area (Å²) in [6.07, 6.45) is -4.72. The Bertz CT molecular complexity index is 452. The Morgan fingerprint density at radius 2 is 2.11 bits per heavy atom. The van der Waals surface area contributed by atoms with Crippen molar-refractivity contribution in [3.63, 3.8) is 0 Å². The Labute approximate surface area is 116 Å². The van der Waals surface area contributed by atoms with Crippen LogP contribution in [0.1, 0.15) is 5.56 Å². The van der Waals surface area contributed by atoms with Crippen LogP contribution < -0.4 is 15.4 Å². The van der Waals surface area contributed by atoms with Crippen molar-refractivity contribution in [2.45, 2.75) is 12.9 Å². The molecule has 0 atom stereocenters. The molecule has 1 amide bonds. The number of hydrogen-bond donors (Lipinski definition) is 2. The number of ether oxygens (including phenoxy) is 1. The zero-order valence-electron chi connectivity index (χ0n) is 9.97. The first-order chi connectivity index (χ1) is 8.81. The van der Waals surface area contributed by atoms with Crippen LogP contribution in [0.5, 0.6) is 5.75 Å². The second kappa shape index (κ2) is 6.76. The SMILES string of the molecule is CNC(=O)CNCc1ccc(OC(F)(F)F)c(Br)c1. The number of halogens is 4. The number of nitrogens with one attached hydrogen (secondary N) is 2. The highest BCUT2D eigenvalue weighted by molar-refractivity contribution is 9.10. The van der Waals surface area contributed by atoms with E-state index in [0.717, 1.165) is 5.56 Å². The van der Waals surface area contributed by atoms with Crippen molar-refractivity contribution in [2.75, 3.05) is 13.6 Å². The maximum Gasteiger partial charge on any atom is 0.573 e. The van der Waals surface area contributed by atoms with E-state index in [-0.39, 0.29) is 22.7 Å². The molecular formula is C11H12BrF3N2O2. The van der Waals surface area contributed by atoms with Gasteiger partial charge in [0.05, 0.1) is 11.0 Å². The van der Waals surface area contributed by atoms with Crippen LogP contribution in [0.25, 0.3) is 0 Å². The third-order valence-electron chi connectivity index (χ3n) is 2.12. The van der Waals surface area contributed by atoms with Gasteiger partial charge in [-0.15, -0.1) is 13.2 Å². The molecule has 106 valence electrons. The van der Waals surface area contributed by atoms with Crippen molar-refractivity contribution >= 4 is 21.8 Å². The maximum absolute atomic E-state index is 12.1. The van der Waals surface area contributed by atoms with Crippen LogP contribution in [0.2, 0.25) is 0 Å². The average molecular weight is 341 g/mol. The van der Waals surface area contributed by atoms with Crippen molar-refractivity contribution in [2.24, 2.45) is 0 Å². The van der Waals surface area contributed by atoms with Gasteiger partial charge in [0.15, 0.2) is 0 Å². The lowest BCUT2D eigenvalue weighted by Crippen LogP contribution is -2.30. The molecule has 0 spiro atoms. The minimum absolute atomic E-state index is 0.134. The predicted octanol–water partition coefficient (Wildman–Crippen LogP) is 2.18. The van der Waals surface area contributed by atoms with E-state index in [1.165, 1.54) is 25.2 Å². The van der Waals surface area contributed by atoms with Crippen LogP contribution in [0, 0.1) is 0 Å². The fraction of sp³-hybridized carbons (Fsp3) is 0.364. The number of rotatable bonds is 5. The molecule has 0 saturated carbocycles. The lowest BCUT2D eigenvalue weighted by molar-refractivity contribution is -0.274. The van der Waals surface area contributed by atoms with E-state index >= 15 is 0 Å². The summed E-state index contributed by atoms with van der Waals surface area (Å²) in [7, 11) is 1.52. The van der Waals surface area contributed by atoms with Crippen LogP contribution in [-0.4, -0.2) is 25.9 Å². The summed E-state index contributed by atoms with van der Waals surface area (Å²) in [5.41, 5.74) is 0.727. The Morgan fingerprint density at radius 1 is 1.42 bits per heavy atom. The van der Waals surface area contributed by atoms with E-state index in [4.69, 9.17) is 0 Å². The van der Waals surface area contributed by atoms with Gasteiger partial charge in [0, 0.05) is 13.6 Å². The monoisotopic (exact) mass is 340 g/mol. The van der Waals surface area contributed by atoms with Gasteiger partial charge in [0.1, 0.15) is 5.75 Å². The lowest BCUT2D eigenvalue weighted by Gasteiger charge is -2.11. The molecule has 1 rings (SSSR count). The molecule has 1 aromatic carbocycles. The molecule has 0 unspecified atom stereocenters. The van der Waals surface area contributed by atoms with Crippen molar-refractivity contribution in [3.05, 3.63) is 28.2 Å². The summed E-state index contributed by atoms with van der Waals surface area (Å²) in [5.74, 6) is -0.473. The van der Waals surface area contributed by atoms with Crippen molar-refractivity contribution in [1.29, 1.82) is 0 Å². The standard InChI is InChI=1S/C11H12BrF3N2O2/c1-16-10(18)6-17-5-7-2-3-9(8(12)4-7)19-11(13,14)15/h2-4,17H,5-6H2,1H3,(H,16,18).